The van der Waals surface area contributed by atoms with Crippen LogP contribution in [-0.2, 0) is 41.5 Å². The fourth-order valence-electron chi connectivity index (χ4n) is 9.00. The van der Waals surface area contributed by atoms with E-state index in [1.165, 1.54) is 12.2 Å². The van der Waals surface area contributed by atoms with Gasteiger partial charge in [0.15, 0.2) is 5.78 Å². The first-order valence-corrected chi connectivity index (χ1v) is 23.9. The van der Waals surface area contributed by atoms with Crippen molar-refractivity contribution in [2.45, 2.75) is 101 Å². The Balaban J connectivity index is 1.15. The highest BCUT2D eigenvalue weighted by Crippen LogP contribution is 2.43. The average molecular weight is 939 g/mol. The number of hydrogen-bond acceptors (Lipinski definition) is 12. The lowest BCUT2D eigenvalue weighted by molar-refractivity contribution is -0.230. The number of hydrogen-bond donors (Lipinski definition) is 4. The number of nitrogens with two attached hydrogens (primary N) is 2. The number of aliphatic hydroxyl groups is 2. The van der Waals surface area contributed by atoms with Crippen LogP contribution in [0, 0.1) is 17.3 Å². The second-order valence-corrected chi connectivity index (χ2v) is 18.3. The normalized spacial score (nSPS) is 18.7. The van der Waals surface area contributed by atoms with E-state index < -0.39 is 29.2 Å². The van der Waals surface area contributed by atoms with Gasteiger partial charge in [-0.25, -0.2) is 0 Å². The topological polar surface area (TPSA) is 198 Å². The SMILES string of the molecule is C=CCCOC1CCC(C(=O)Oc2ccc(C=CC(=O)CC(Cc3ccc(N)cc3)(Cc3ccc(N)cc3)C(O)(O)C(=O)C=Cc3ccc(OC(=O)C4CCC(OCCC=C)CC4)cc3)cc2)CC1. The minimum absolute atomic E-state index is 0.0993. The molecule has 0 bridgehead atoms. The van der Waals surface area contributed by atoms with E-state index in [9.17, 15) is 29.4 Å². The van der Waals surface area contributed by atoms with E-state index in [1.54, 1.807) is 103 Å². The van der Waals surface area contributed by atoms with Crippen LogP contribution in [0.15, 0.2) is 135 Å². The molecule has 0 spiro atoms. The van der Waals surface area contributed by atoms with Gasteiger partial charge in [0, 0.05) is 23.2 Å². The summed E-state index contributed by atoms with van der Waals surface area (Å²) in [6, 6.07) is 26.9. The molecule has 0 atom stereocenters. The fraction of sp³-hybridized carbons (Fsp3) is 0.368. The van der Waals surface area contributed by atoms with Crippen LogP contribution in [0.4, 0.5) is 11.4 Å². The molecule has 6 N–H and O–H groups in total. The van der Waals surface area contributed by atoms with E-state index >= 15 is 0 Å². The first-order chi connectivity index (χ1) is 33.2. The molecule has 6 rings (SSSR count). The van der Waals surface area contributed by atoms with E-state index in [0.29, 0.717) is 84.0 Å². The maximum Gasteiger partial charge on any atom is 0.314 e. The number of carbonyl (C=O) groups is 4. The van der Waals surface area contributed by atoms with Crippen molar-refractivity contribution in [2.75, 3.05) is 24.7 Å². The zero-order valence-corrected chi connectivity index (χ0v) is 39.3. The maximum absolute atomic E-state index is 14.2. The summed E-state index contributed by atoms with van der Waals surface area (Å²) in [6.45, 7) is 8.69. The van der Waals surface area contributed by atoms with Crippen LogP contribution in [-0.4, -0.2) is 64.9 Å². The predicted octanol–water partition coefficient (Wildman–Crippen LogP) is 9.37. The summed E-state index contributed by atoms with van der Waals surface area (Å²) in [5, 5.41) is 24.5. The number of ketones is 2. The minimum atomic E-state index is -3.08. The summed E-state index contributed by atoms with van der Waals surface area (Å²) in [5.41, 5.74) is 13.6. The number of rotatable bonds is 24. The van der Waals surface area contributed by atoms with E-state index in [2.05, 4.69) is 13.2 Å². The van der Waals surface area contributed by atoms with E-state index in [4.69, 9.17) is 30.4 Å². The molecule has 364 valence electrons. The quantitative estimate of drug-likeness (QED) is 0.00989. The van der Waals surface area contributed by atoms with Crippen molar-refractivity contribution in [3.8, 4) is 11.5 Å². The van der Waals surface area contributed by atoms with Gasteiger partial charge >= 0.3 is 11.9 Å². The summed E-state index contributed by atoms with van der Waals surface area (Å²) >= 11 is 0. The molecule has 0 amide bonds. The van der Waals surface area contributed by atoms with Crippen LogP contribution in [0.5, 0.6) is 11.5 Å². The number of anilines is 2. The maximum atomic E-state index is 14.2. The molecular weight excluding hydrogens is 873 g/mol. The van der Waals surface area contributed by atoms with E-state index in [1.807, 2.05) is 12.2 Å². The fourth-order valence-corrected chi connectivity index (χ4v) is 9.00. The van der Waals surface area contributed by atoms with Crippen LogP contribution in [0.3, 0.4) is 0 Å². The molecule has 0 aliphatic heterocycles. The molecule has 0 saturated heterocycles. The number of esters is 2. The third-order valence-electron chi connectivity index (χ3n) is 13.1. The highest BCUT2D eigenvalue weighted by atomic mass is 16.5. The smallest absolute Gasteiger partial charge is 0.314 e. The summed E-state index contributed by atoms with van der Waals surface area (Å²) in [4.78, 5) is 54.3. The molecule has 0 aromatic heterocycles. The van der Waals surface area contributed by atoms with Crippen molar-refractivity contribution in [1.82, 2.24) is 0 Å². The van der Waals surface area contributed by atoms with Gasteiger partial charge < -0.3 is 40.6 Å². The summed E-state index contributed by atoms with van der Waals surface area (Å²) in [6.07, 6.45) is 16.2. The molecule has 2 aliphatic rings. The molecule has 2 fully saturated rings. The molecule has 2 saturated carbocycles. The van der Waals surface area contributed by atoms with Gasteiger partial charge in [0.05, 0.1) is 37.3 Å². The average Bonchev–Trinajstić information content (AvgIpc) is 3.35. The zero-order chi connectivity index (χ0) is 49.2. The Kier molecular flexibility index (Phi) is 19.0. The molecule has 0 unspecified atom stereocenters. The van der Waals surface area contributed by atoms with Gasteiger partial charge in [-0.05, 0) is 160 Å². The standard InChI is InChI=1S/C57H66N2O10/c1-3-5-35-66-49-30-17-44(18-31-49)54(62)68-51-26-12-40(13-27-51)11-25-48(60)39-56(37-42-7-21-46(58)22-8-42,38-43-9-23-47(59)24-10-43)57(64,65)53(61)34-16-41-14-28-52(29-15-41)69-55(63)45-19-32-50(33-20-45)67-36-6-4-2/h3-4,7-16,21-29,34,44-45,49-50,64-65H,1-2,5-6,17-20,30-33,35-39,58-59H2. The molecule has 2 aliphatic carbocycles. The Bertz CT molecular complexity index is 2340. The van der Waals surface area contributed by atoms with Crippen LogP contribution >= 0.6 is 0 Å². The van der Waals surface area contributed by atoms with Crippen molar-refractivity contribution in [3.63, 3.8) is 0 Å². The zero-order valence-electron chi connectivity index (χ0n) is 39.3. The minimum Gasteiger partial charge on any atom is -0.426 e. The third kappa shape index (κ3) is 15.3. The van der Waals surface area contributed by atoms with Gasteiger partial charge in [-0.2, -0.15) is 0 Å². The molecule has 4 aromatic carbocycles. The highest BCUT2D eigenvalue weighted by molar-refractivity contribution is 6.01. The lowest BCUT2D eigenvalue weighted by Gasteiger charge is -2.42. The summed E-state index contributed by atoms with van der Waals surface area (Å²) in [7, 11) is 0. The molecule has 0 heterocycles. The Morgan fingerprint density at radius 1 is 0.565 bits per heavy atom. The molecule has 69 heavy (non-hydrogen) atoms. The Hall–Kier alpha value is -6.44. The van der Waals surface area contributed by atoms with Crippen molar-refractivity contribution < 1.29 is 48.3 Å². The molecule has 0 radical (unpaired) electrons. The van der Waals surface area contributed by atoms with Crippen molar-refractivity contribution in [2.24, 2.45) is 17.3 Å². The number of allylic oxidation sites excluding steroid dienone is 1. The van der Waals surface area contributed by atoms with Gasteiger partial charge in [0.1, 0.15) is 11.5 Å². The molecule has 12 nitrogen and oxygen atoms in total. The van der Waals surface area contributed by atoms with Crippen LogP contribution in [0.2, 0.25) is 0 Å². The van der Waals surface area contributed by atoms with Crippen molar-refractivity contribution in [3.05, 3.63) is 157 Å². The van der Waals surface area contributed by atoms with E-state index in [-0.39, 0.29) is 48.8 Å². The van der Waals surface area contributed by atoms with Crippen LogP contribution in [0.25, 0.3) is 12.2 Å². The monoisotopic (exact) mass is 938 g/mol. The third-order valence-corrected chi connectivity index (χ3v) is 13.1. The van der Waals surface area contributed by atoms with Crippen LogP contribution in [0.1, 0.15) is 92.9 Å². The molecule has 12 heteroatoms. The lowest BCUT2D eigenvalue weighted by atomic mass is 9.65. The highest BCUT2D eigenvalue weighted by Gasteiger charge is 2.54. The number of benzene rings is 4. The Labute approximate surface area is 405 Å². The summed E-state index contributed by atoms with van der Waals surface area (Å²) in [5.74, 6) is -4.91. The van der Waals surface area contributed by atoms with E-state index in [0.717, 1.165) is 44.6 Å². The Morgan fingerprint density at radius 3 is 1.35 bits per heavy atom. The first kappa shape index (κ1) is 51.9. The molecular formula is C57H66N2O10. The van der Waals surface area contributed by atoms with Crippen LogP contribution < -0.4 is 20.9 Å². The van der Waals surface area contributed by atoms with Gasteiger partial charge in [0.25, 0.3) is 0 Å². The molecule has 4 aromatic rings. The van der Waals surface area contributed by atoms with Gasteiger partial charge in [-0.15, -0.1) is 13.2 Å². The first-order valence-electron chi connectivity index (χ1n) is 23.9. The second kappa shape index (κ2) is 25.2. The number of nitrogen functional groups attached to an aromatic ring is 2. The lowest BCUT2D eigenvalue weighted by Crippen LogP contribution is -2.57. The predicted molar refractivity (Wildman–Crippen MR) is 269 cm³/mol. The number of ether oxygens (including phenoxy) is 4. The van der Waals surface area contributed by atoms with Crippen molar-refractivity contribution in [1.29, 1.82) is 0 Å². The largest absolute Gasteiger partial charge is 0.426 e. The Morgan fingerprint density at radius 2 is 0.957 bits per heavy atom. The van der Waals surface area contributed by atoms with Gasteiger partial charge in [0.2, 0.25) is 11.6 Å². The second-order valence-electron chi connectivity index (χ2n) is 18.3. The summed E-state index contributed by atoms with van der Waals surface area (Å²) < 4.78 is 23.2. The van der Waals surface area contributed by atoms with Gasteiger partial charge in [-0.1, -0.05) is 72.8 Å². The van der Waals surface area contributed by atoms with Crippen molar-refractivity contribution >= 4 is 47.0 Å². The van der Waals surface area contributed by atoms with Gasteiger partial charge in [-0.3, -0.25) is 19.2 Å². The number of carbonyl (C=O) groups excluding carboxylic acids is 4.